The van der Waals surface area contributed by atoms with Crippen molar-refractivity contribution in [2.24, 2.45) is 0 Å². The smallest absolute Gasteiger partial charge is 0.187 e. The molecule has 0 amide bonds. The van der Waals surface area contributed by atoms with Gasteiger partial charge in [0.1, 0.15) is 66.4 Å². The van der Waals surface area contributed by atoms with Crippen LogP contribution in [0.15, 0.2) is 42.5 Å². The minimum absolute atomic E-state index is 0.469. The normalized spacial score (nSPS) is 36.4. The van der Waals surface area contributed by atoms with Crippen molar-refractivity contribution in [2.45, 2.75) is 75.1 Å². The van der Waals surface area contributed by atoms with Crippen LogP contribution in [0.2, 0.25) is 0 Å². The molecule has 2 heterocycles. The molecule has 2 aliphatic rings. The average molecular weight is 523 g/mol. The van der Waals surface area contributed by atoms with Crippen LogP contribution in [0.1, 0.15) is 22.8 Å². The number of hydrogen-bond donors (Lipinski definition) is 7. The Hall–Kier alpha value is -2.16. The van der Waals surface area contributed by atoms with Crippen molar-refractivity contribution in [3.63, 3.8) is 0 Å². The van der Waals surface area contributed by atoms with Gasteiger partial charge in [-0.05, 0) is 54.8 Å². The average Bonchev–Trinajstić information content (AvgIpc) is 2.86. The van der Waals surface area contributed by atoms with E-state index in [1.165, 1.54) is 0 Å². The number of rotatable bonds is 7. The van der Waals surface area contributed by atoms with Crippen LogP contribution in [-0.4, -0.2) is 104 Å². The minimum Gasteiger partial charge on any atom is -0.457 e. The first kappa shape index (κ1) is 27.9. The van der Waals surface area contributed by atoms with E-state index in [1.54, 1.807) is 24.3 Å². The van der Waals surface area contributed by atoms with Crippen LogP contribution in [0.4, 0.5) is 0 Å². The maximum absolute atomic E-state index is 11.1. The van der Waals surface area contributed by atoms with Gasteiger partial charge in [-0.25, -0.2) is 0 Å². The van der Waals surface area contributed by atoms with E-state index >= 15 is 0 Å². The molecule has 2 fully saturated rings. The van der Waals surface area contributed by atoms with E-state index in [9.17, 15) is 35.7 Å². The van der Waals surface area contributed by atoms with Crippen molar-refractivity contribution in [1.29, 1.82) is 0 Å². The van der Waals surface area contributed by atoms with Gasteiger partial charge in [0.05, 0.1) is 13.2 Å². The minimum atomic E-state index is -1.74. The zero-order chi connectivity index (χ0) is 26.9. The van der Waals surface area contributed by atoms with Gasteiger partial charge >= 0.3 is 0 Å². The number of ether oxygens (including phenoxy) is 4. The lowest BCUT2D eigenvalue weighted by Crippen LogP contribution is -2.63. The van der Waals surface area contributed by atoms with E-state index in [-0.39, 0.29) is 0 Å². The zero-order valence-corrected chi connectivity index (χ0v) is 20.5. The van der Waals surface area contributed by atoms with Crippen LogP contribution in [0.5, 0.6) is 11.5 Å². The molecule has 0 unspecified atom stereocenters. The van der Waals surface area contributed by atoms with E-state index in [1.807, 2.05) is 32.0 Å². The van der Waals surface area contributed by atoms with E-state index < -0.39 is 74.4 Å². The van der Waals surface area contributed by atoms with Gasteiger partial charge in [-0.1, -0.05) is 18.2 Å². The molecule has 4 rings (SSSR count). The first-order chi connectivity index (χ1) is 17.6. The second-order valence-electron chi connectivity index (χ2n) is 9.55. The molecule has 2 aromatic rings. The number of hydrogen-bond acceptors (Lipinski definition) is 11. The van der Waals surface area contributed by atoms with Crippen LogP contribution in [0, 0.1) is 13.8 Å². The SMILES string of the molecule is Cc1cc(C)cc(Oc2cccc([C@H]3O[C@H](CO)[C@@H](O)[C@H](O[C@H]4O[C@H](CO)[C@@H](O)[C@H](O)[C@@H]4O)[C@@H]3O)c2)c1. The van der Waals surface area contributed by atoms with Crippen LogP contribution in [0.25, 0.3) is 0 Å². The fraction of sp³-hybridized carbons (Fsp3) is 0.538. The molecule has 2 aliphatic heterocycles. The van der Waals surface area contributed by atoms with E-state index in [4.69, 9.17) is 18.9 Å². The molecule has 0 spiro atoms. The topological polar surface area (TPSA) is 179 Å². The number of aliphatic hydroxyl groups is 7. The van der Waals surface area contributed by atoms with Gasteiger partial charge in [-0.15, -0.1) is 0 Å². The van der Waals surface area contributed by atoms with Gasteiger partial charge in [-0.3, -0.25) is 0 Å². The Bertz CT molecular complexity index is 1030. The van der Waals surface area contributed by atoms with Crippen molar-refractivity contribution in [1.82, 2.24) is 0 Å². The lowest BCUT2D eigenvalue weighted by Gasteiger charge is -2.46. The molecule has 0 saturated carbocycles. The lowest BCUT2D eigenvalue weighted by atomic mass is 9.90. The maximum atomic E-state index is 11.1. The lowest BCUT2D eigenvalue weighted by molar-refractivity contribution is -0.342. The summed E-state index contributed by atoms with van der Waals surface area (Å²) >= 11 is 0. The molecule has 11 heteroatoms. The quantitative estimate of drug-likeness (QED) is 0.248. The van der Waals surface area contributed by atoms with E-state index in [2.05, 4.69) is 0 Å². The summed E-state index contributed by atoms with van der Waals surface area (Å²) < 4.78 is 22.8. The molecule has 204 valence electrons. The summed E-state index contributed by atoms with van der Waals surface area (Å²) in [4.78, 5) is 0. The molecule has 0 aliphatic carbocycles. The predicted molar refractivity (Wildman–Crippen MR) is 128 cm³/mol. The second kappa shape index (κ2) is 11.7. The Morgan fingerprint density at radius 1 is 0.703 bits per heavy atom. The molecular weight excluding hydrogens is 488 g/mol. The van der Waals surface area contributed by atoms with Gasteiger partial charge in [0, 0.05) is 0 Å². The highest BCUT2D eigenvalue weighted by atomic mass is 16.7. The standard InChI is InChI=1S/C26H34O11/c1-12-6-13(2)8-16(7-12)34-15-5-3-4-14(9-15)24-23(33)25(20(30)18(11-28)35-24)37-26-22(32)21(31)19(29)17(10-27)36-26/h3-9,17-33H,10-11H2,1-2H3/t17-,18-,19-,20-,21+,22+,23-,24-,25+,26-/m1/s1. The summed E-state index contributed by atoms with van der Waals surface area (Å²) in [5.74, 6) is 1.10. The van der Waals surface area contributed by atoms with Crippen molar-refractivity contribution < 1.29 is 54.7 Å². The summed E-state index contributed by atoms with van der Waals surface area (Å²) in [5, 5.41) is 71.5. The molecule has 10 atom stereocenters. The first-order valence-electron chi connectivity index (χ1n) is 12.1. The summed E-state index contributed by atoms with van der Waals surface area (Å²) in [7, 11) is 0. The first-order valence-corrected chi connectivity index (χ1v) is 12.1. The zero-order valence-electron chi connectivity index (χ0n) is 20.5. The highest BCUT2D eigenvalue weighted by molar-refractivity contribution is 5.39. The third-order valence-electron chi connectivity index (χ3n) is 6.62. The Kier molecular flexibility index (Phi) is 8.81. The molecule has 0 aromatic heterocycles. The molecule has 2 aromatic carbocycles. The van der Waals surface area contributed by atoms with Crippen LogP contribution < -0.4 is 4.74 Å². The Labute approximate surface area is 214 Å². The molecule has 0 radical (unpaired) electrons. The molecule has 37 heavy (non-hydrogen) atoms. The van der Waals surface area contributed by atoms with Crippen LogP contribution >= 0.6 is 0 Å². The van der Waals surface area contributed by atoms with E-state index in [0.717, 1.165) is 11.1 Å². The van der Waals surface area contributed by atoms with Crippen molar-refractivity contribution >= 4 is 0 Å². The number of aryl methyl sites for hydroxylation is 2. The second-order valence-corrected chi connectivity index (χ2v) is 9.55. The number of aliphatic hydroxyl groups excluding tert-OH is 7. The van der Waals surface area contributed by atoms with Crippen LogP contribution in [0.3, 0.4) is 0 Å². The maximum Gasteiger partial charge on any atom is 0.187 e. The Balaban J connectivity index is 1.56. The van der Waals surface area contributed by atoms with Gasteiger partial charge in [-0.2, -0.15) is 0 Å². The van der Waals surface area contributed by atoms with E-state index in [0.29, 0.717) is 17.1 Å². The fourth-order valence-corrected chi connectivity index (χ4v) is 4.74. The number of benzene rings is 2. The largest absolute Gasteiger partial charge is 0.457 e. The third-order valence-corrected chi connectivity index (χ3v) is 6.62. The monoisotopic (exact) mass is 522 g/mol. The predicted octanol–water partition coefficient (Wildman–Crippen LogP) is -0.565. The Morgan fingerprint density at radius 3 is 2.00 bits per heavy atom. The van der Waals surface area contributed by atoms with Gasteiger partial charge in [0.15, 0.2) is 6.29 Å². The van der Waals surface area contributed by atoms with Gasteiger partial charge in [0.25, 0.3) is 0 Å². The summed E-state index contributed by atoms with van der Waals surface area (Å²) in [5.41, 5.74) is 2.54. The van der Waals surface area contributed by atoms with Crippen molar-refractivity contribution in [2.75, 3.05) is 13.2 Å². The molecular formula is C26H34O11. The highest BCUT2D eigenvalue weighted by Crippen LogP contribution is 2.37. The fourth-order valence-electron chi connectivity index (χ4n) is 4.74. The summed E-state index contributed by atoms with van der Waals surface area (Å²) in [6.45, 7) is 2.65. The molecule has 7 N–H and O–H groups in total. The van der Waals surface area contributed by atoms with Crippen molar-refractivity contribution in [3.8, 4) is 11.5 Å². The highest BCUT2D eigenvalue weighted by Gasteiger charge is 2.50. The molecule has 0 bridgehead atoms. The van der Waals surface area contributed by atoms with Gasteiger partial charge in [0.2, 0.25) is 0 Å². The van der Waals surface area contributed by atoms with Crippen molar-refractivity contribution in [3.05, 3.63) is 59.2 Å². The van der Waals surface area contributed by atoms with Gasteiger partial charge < -0.3 is 54.7 Å². The summed E-state index contributed by atoms with van der Waals surface area (Å²) in [6, 6.07) is 12.6. The van der Waals surface area contributed by atoms with Crippen LogP contribution in [-0.2, 0) is 14.2 Å². The molecule has 2 saturated heterocycles. The third kappa shape index (κ3) is 5.96. The molecule has 11 nitrogen and oxygen atoms in total. The Morgan fingerprint density at radius 2 is 1.35 bits per heavy atom. The summed E-state index contributed by atoms with van der Waals surface area (Å²) in [6.07, 6.45) is -14.5.